The molecule has 1 aromatic heterocycles. The van der Waals surface area contributed by atoms with Crippen LogP contribution in [0.15, 0.2) is 39.6 Å². The van der Waals surface area contributed by atoms with Crippen molar-refractivity contribution in [1.29, 1.82) is 0 Å². The molecule has 128 valence electrons. The van der Waals surface area contributed by atoms with Gasteiger partial charge in [-0.15, -0.1) is 0 Å². The molecule has 1 amide bonds. The third kappa shape index (κ3) is 4.13. The van der Waals surface area contributed by atoms with E-state index < -0.39 is 0 Å². The van der Waals surface area contributed by atoms with E-state index in [1.54, 1.807) is 6.07 Å². The van der Waals surface area contributed by atoms with Gasteiger partial charge in [0.1, 0.15) is 11.6 Å². The van der Waals surface area contributed by atoms with Crippen LogP contribution >= 0.6 is 0 Å². The van der Waals surface area contributed by atoms with Gasteiger partial charge in [-0.3, -0.25) is 9.59 Å². The molecule has 1 aromatic carbocycles. The Morgan fingerprint density at radius 1 is 1.29 bits per heavy atom. The number of hydrogen-bond acceptors (Lipinski definition) is 3. The second-order valence-electron chi connectivity index (χ2n) is 6.30. The van der Waals surface area contributed by atoms with Gasteiger partial charge in [0.05, 0.1) is 0 Å². The van der Waals surface area contributed by atoms with Crippen LogP contribution in [0.4, 0.5) is 4.39 Å². The second kappa shape index (κ2) is 7.47. The summed E-state index contributed by atoms with van der Waals surface area (Å²) >= 11 is 0. The second-order valence-corrected chi connectivity index (χ2v) is 6.30. The van der Waals surface area contributed by atoms with Crippen molar-refractivity contribution in [2.75, 3.05) is 13.1 Å². The van der Waals surface area contributed by atoms with Crippen molar-refractivity contribution in [1.82, 2.24) is 10.1 Å². The number of rotatable bonds is 5. The van der Waals surface area contributed by atoms with Crippen LogP contribution in [0.2, 0.25) is 0 Å². The number of aromatic nitrogens is 1. The molecule has 0 spiro atoms. The normalized spacial score (nSPS) is 15.6. The van der Waals surface area contributed by atoms with Crippen LogP contribution in [0.3, 0.4) is 0 Å². The molecule has 0 radical (unpaired) electrons. The molecule has 2 heterocycles. The van der Waals surface area contributed by atoms with E-state index in [2.05, 4.69) is 5.16 Å². The first-order valence-corrected chi connectivity index (χ1v) is 8.30. The topological polar surface area (TPSA) is 66.3 Å². The largest absolute Gasteiger partial charge is 0.384 e. The maximum absolute atomic E-state index is 13.7. The van der Waals surface area contributed by atoms with Gasteiger partial charge in [0, 0.05) is 32.0 Å². The predicted octanol–water partition coefficient (Wildman–Crippen LogP) is 2.52. The molecule has 1 aliphatic rings. The molecule has 0 saturated carbocycles. The van der Waals surface area contributed by atoms with E-state index in [0.29, 0.717) is 37.6 Å². The Kier molecular flexibility index (Phi) is 5.13. The summed E-state index contributed by atoms with van der Waals surface area (Å²) in [4.78, 5) is 25.1. The highest BCUT2D eigenvalue weighted by Gasteiger charge is 2.23. The number of benzene rings is 1. The van der Waals surface area contributed by atoms with Gasteiger partial charge in [-0.25, -0.2) is 4.39 Å². The van der Waals surface area contributed by atoms with Crippen LogP contribution in [0.25, 0.3) is 0 Å². The van der Waals surface area contributed by atoms with Gasteiger partial charge in [-0.05, 0) is 36.8 Å². The quantitative estimate of drug-likeness (QED) is 0.915. The lowest BCUT2D eigenvalue weighted by atomic mass is 9.90. The van der Waals surface area contributed by atoms with Crippen molar-refractivity contribution in [3.63, 3.8) is 0 Å². The summed E-state index contributed by atoms with van der Waals surface area (Å²) in [6.45, 7) is 1.41. The minimum absolute atomic E-state index is 0.0724. The average Bonchev–Trinajstić information content (AvgIpc) is 3.01. The first-order chi connectivity index (χ1) is 11.6. The number of likely N-dealkylation sites (tertiary alicyclic amines) is 1. The van der Waals surface area contributed by atoms with E-state index in [0.717, 1.165) is 24.8 Å². The Labute approximate surface area is 139 Å². The predicted molar refractivity (Wildman–Crippen MR) is 87.1 cm³/mol. The summed E-state index contributed by atoms with van der Waals surface area (Å²) in [6, 6.07) is 8.25. The van der Waals surface area contributed by atoms with Crippen LogP contribution in [0.1, 0.15) is 30.6 Å². The van der Waals surface area contributed by atoms with Crippen molar-refractivity contribution in [2.45, 2.75) is 32.1 Å². The van der Waals surface area contributed by atoms with Crippen molar-refractivity contribution in [3.05, 3.63) is 57.8 Å². The van der Waals surface area contributed by atoms with Crippen LogP contribution in [-0.2, 0) is 17.6 Å². The molecule has 1 aliphatic heterocycles. The van der Waals surface area contributed by atoms with E-state index in [9.17, 15) is 14.0 Å². The summed E-state index contributed by atoms with van der Waals surface area (Å²) in [5.74, 6) is 0.837. The molecular formula is C18H21FN2O3. The molecule has 5 nitrogen and oxygen atoms in total. The van der Waals surface area contributed by atoms with Crippen LogP contribution in [-0.4, -0.2) is 29.1 Å². The number of nitrogens with one attached hydrogen (secondary N) is 1. The van der Waals surface area contributed by atoms with Crippen molar-refractivity contribution >= 4 is 5.91 Å². The molecular weight excluding hydrogens is 311 g/mol. The Morgan fingerprint density at radius 3 is 2.71 bits per heavy atom. The Hall–Kier alpha value is -2.37. The summed E-state index contributed by atoms with van der Waals surface area (Å²) in [7, 11) is 0. The fourth-order valence-corrected chi connectivity index (χ4v) is 3.19. The molecule has 6 heteroatoms. The van der Waals surface area contributed by atoms with Gasteiger partial charge in [-0.2, -0.15) is 5.16 Å². The minimum Gasteiger partial charge on any atom is -0.384 e. The Balaban J connectivity index is 1.45. The summed E-state index contributed by atoms with van der Waals surface area (Å²) < 4.78 is 18.7. The van der Waals surface area contributed by atoms with E-state index in [1.807, 2.05) is 17.0 Å². The monoisotopic (exact) mass is 332 g/mol. The van der Waals surface area contributed by atoms with Gasteiger partial charge >= 0.3 is 0 Å². The van der Waals surface area contributed by atoms with Crippen molar-refractivity contribution in [3.8, 4) is 0 Å². The van der Waals surface area contributed by atoms with E-state index in [-0.39, 0.29) is 17.3 Å². The number of halogens is 1. The van der Waals surface area contributed by atoms with Gasteiger partial charge in [0.25, 0.3) is 5.56 Å². The molecule has 2 aromatic rings. The summed E-state index contributed by atoms with van der Waals surface area (Å²) in [5.41, 5.74) is 0.469. The molecule has 1 N–H and O–H groups in total. The maximum atomic E-state index is 13.7. The number of carbonyl (C=O) groups is 1. The smallest absolute Gasteiger partial charge is 0.280 e. The third-order valence-electron chi connectivity index (χ3n) is 4.59. The maximum Gasteiger partial charge on any atom is 0.280 e. The first kappa shape index (κ1) is 16.5. The lowest BCUT2D eigenvalue weighted by Crippen LogP contribution is -2.39. The number of hydrogen-bond donors (Lipinski definition) is 1. The minimum atomic E-state index is -0.286. The number of carbonyl (C=O) groups excluding carboxylic acids is 1. The molecule has 24 heavy (non-hydrogen) atoms. The zero-order chi connectivity index (χ0) is 16.9. The number of aryl methyl sites for hydroxylation is 1. The third-order valence-corrected chi connectivity index (χ3v) is 4.59. The summed E-state index contributed by atoms with van der Waals surface area (Å²) in [6.07, 6.45) is 3.26. The number of H-pyrrole nitrogens is 1. The molecule has 0 unspecified atom stereocenters. The standard InChI is InChI=1S/C18H21FN2O3/c19-16-4-2-1-3-14(16)11-13-7-9-21(10-8-13)18(23)6-5-15-12-17(22)20-24-15/h1-4,12-13H,5-11H2,(H,20,22). The van der Waals surface area contributed by atoms with E-state index >= 15 is 0 Å². The van der Waals surface area contributed by atoms with Crippen LogP contribution < -0.4 is 5.56 Å². The Morgan fingerprint density at radius 2 is 2.04 bits per heavy atom. The SMILES string of the molecule is O=C(CCc1cc(=O)[nH]o1)N1CCC(Cc2ccccc2F)CC1. The van der Waals surface area contributed by atoms with E-state index in [4.69, 9.17) is 4.52 Å². The highest BCUT2D eigenvalue weighted by molar-refractivity contribution is 5.76. The number of piperidine rings is 1. The van der Waals surface area contributed by atoms with Gasteiger partial charge < -0.3 is 9.42 Å². The number of nitrogens with zero attached hydrogens (tertiary/aromatic N) is 1. The fourth-order valence-electron chi connectivity index (χ4n) is 3.19. The number of amides is 1. The summed E-state index contributed by atoms with van der Waals surface area (Å²) in [5, 5.41) is 2.22. The first-order valence-electron chi connectivity index (χ1n) is 8.30. The fraction of sp³-hybridized carbons (Fsp3) is 0.444. The lowest BCUT2D eigenvalue weighted by molar-refractivity contribution is -0.132. The van der Waals surface area contributed by atoms with E-state index in [1.165, 1.54) is 12.1 Å². The van der Waals surface area contributed by atoms with Crippen LogP contribution in [0, 0.1) is 11.7 Å². The highest BCUT2D eigenvalue weighted by Crippen LogP contribution is 2.23. The molecule has 3 rings (SSSR count). The van der Waals surface area contributed by atoms with Crippen molar-refractivity contribution < 1.29 is 13.7 Å². The average molecular weight is 332 g/mol. The van der Waals surface area contributed by atoms with Gasteiger partial charge in [0.15, 0.2) is 0 Å². The molecule has 1 saturated heterocycles. The number of aromatic amines is 1. The zero-order valence-corrected chi connectivity index (χ0v) is 13.5. The Bertz CT molecular complexity index is 744. The zero-order valence-electron chi connectivity index (χ0n) is 13.5. The highest BCUT2D eigenvalue weighted by atomic mass is 19.1. The van der Waals surface area contributed by atoms with Gasteiger partial charge in [0.2, 0.25) is 5.91 Å². The van der Waals surface area contributed by atoms with Crippen molar-refractivity contribution in [2.24, 2.45) is 5.92 Å². The molecule has 0 aliphatic carbocycles. The molecule has 0 atom stereocenters. The van der Waals surface area contributed by atoms with Crippen LogP contribution in [0.5, 0.6) is 0 Å². The molecule has 1 fully saturated rings. The van der Waals surface area contributed by atoms with Gasteiger partial charge in [-0.1, -0.05) is 18.2 Å². The lowest BCUT2D eigenvalue weighted by Gasteiger charge is -2.32. The molecule has 0 bridgehead atoms.